The second-order valence-electron chi connectivity index (χ2n) is 4.89. The SMILES string of the molecule is NNc1ccc(C(=O)NCC2Cc3ccccc32)nc1. The number of aromatic nitrogens is 1. The number of hydrazine groups is 1. The van der Waals surface area contributed by atoms with E-state index in [1.165, 1.54) is 17.3 Å². The molecule has 0 radical (unpaired) electrons. The molecule has 1 amide bonds. The predicted molar refractivity (Wildman–Crippen MR) is 77.3 cm³/mol. The van der Waals surface area contributed by atoms with E-state index < -0.39 is 0 Å². The zero-order chi connectivity index (χ0) is 13.9. The Kier molecular flexibility index (Phi) is 3.35. The van der Waals surface area contributed by atoms with Crippen molar-refractivity contribution in [3.63, 3.8) is 0 Å². The van der Waals surface area contributed by atoms with E-state index in [9.17, 15) is 4.79 Å². The molecule has 0 fully saturated rings. The van der Waals surface area contributed by atoms with Gasteiger partial charge in [0.05, 0.1) is 11.9 Å². The van der Waals surface area contributed by atoms with Crippen LogP contribution in [0, 0.1) is 0 Å². The molecule has 0 saturated carbocycles. The van der Waals surface area contributed by atoms with E-state index in [1.54, 1.807) is 12.1 Å². The summed E-state index contributed by atoms with van der Waals surface area (Å²) in [6.45, 7) is 0.647. The lowest BCUT2D eigenvalue weighted by molar-refractivity contribution is 0.0945. The molecule has 4 N–H and O–H groups in total. The van der Waals surface area contributed by atoms with Crippen molar-refractivity contribution < 1.29 is 4.79 Å². The summed E-state index contributed by atoms with van der Waals surface area (Å²) in [5, 5.41) is 2.93. The minimum absolute atomic E-state index is 0.155. The summed E-state index contributed by atoms with van der Waals surface area (Å²) in [7, 11) is 0. The van der Waals surface area contributed by atoms with Crippen LogP contribution in [0.4, 0.5) is 5.69 Å². The number of carbonyl (C=O) groups is 1. The minimum atomic E-state index is -0.155. The standard InChI is InChI=1S/C15H16N4O/c16-19-12-5-6-14(17-9-12)15(20)18-8-11-7-10-3-1-2-4-13(10)11/h1-6,9,11,19H,7-8,16H2,(H,18,20). The summed E-state index contributed by atoms with van der Waals surface area (Å²) >= 11 is 0. The summed E-state index contributed by atoms with van der Waals surface area (Å²) in [5.74, 6) is 5.52. The van der Waals surface area contributed by atoms with Crippen LogP contribution in [0.25, 0.3) is 0 Å². The fourth-order valence-corrected chi connectivity index (χ4v) is 2.46. The first-order valence-electron chi connectivity index (χ1n) is 6.56. The summed E-state index contributed by atoms with van der Waals surface area (Å²) in [6, 6.07) is 11.7. The molecule has 5 heteroatoms. The molecule has 1 aliphatic carbocycles. The van der Waals surface area contributed by atoms with Crippen LogP contribution in [-0.4, -0.2) is 17.4 Å². The molecule has 102 valence electrons. The molecule has 0 bridgehead atoms. The number of pyridine rings is 1. The Balaban J connectivity index is 1.58. The first-order chi connectivity index (χ1) is 9.78. The second kappa shape index (κ2) is 5.30. The highest BCUT2D eigenvalue weighted by Gasteiger charge is 2.25. The van der Waals surface area contributed by atoms with Crippen molar-refractivity contribution in [1.82, 2.24) is 10.3 Å². The van der Waals surface area contributed by atoms with E-state index >= 15 is 0 Å². The third-order valence-electron chi connectivity index (χ3n) is 3.63. The maximum absolute atomic E-state index is 12.0. The molecule has 1 heterocycles. The van der Waals surface area contributed by atoms with Gasteiger partial charge in [-0.25, -0.2) is 4.98 Å². The van der Waals surface area contributed by atoms with Crippen LogP contribution in [-0.2, 0) is 6.42 Å². The van der Waals surface area contributed by atoms with Gasteiger partial charge in [-0.3, -0.25) is 10.6 Å². The number of nitrogens with zero attached hydrogens (tertiary/aromatic N) is 1. The lowest BCUT2D eigenvalue weighted by Crippen LogP contribution is -2.33. The number of hydrogen-bond acceptors (Lipinski definition) is 4. The maximum Gasteiger partial charge on any atom is 0.269 e. The maximum atomic E-state index is 12.0. The normalized spacial score (nSPS) is 15.9. The highest BCUT2D eigenvalue weighted by molar-refractivity contribution is 5.92. The number of fused-ring (bicyclic) bond motifs is 1. The monoisotopic (exact) mass is 268 g/mol. The molecule has 1 aromatic heterocycles. The third kappa shape index (κ3) is 2.35. The fourth-order valence-electron chi connectivity index (χ4n) is 2.46. The Hall–Kier alpha value is -2.40. The van der Waals surface area contributed by atoms with Gasteiger partial charge in [-0.15, -0.1) is 0 Å². The molecular formula is C15H16N4O. The number of anilines is 1. The highest BCUT2D eigenvalue weighted by Crippen LogP contribution is 2.33. The molecule has 1 unspecified atom stereocenters. The van der Waals surface area contributed by atoms with E-state index in [1.807, 2.05) is 12.1 Å². The van der Waals surface area contributed by atoms with Crippen molar-refractivity contribution in [2.75, 3.05) is 12.0 Å². The lowest BCUT2D eigenvalue weighted by atomic mass is 9.77. The molecule has 3 rings (SSSR count). The van der Waals surface area contributed by atoms with Crippen LogP contribution >= 0.6 is 0 Å². The van der Waals surface area contributed by atoms with Crippen molar-refractivity contribution in [2.45, 2.75) is 12.3 Å². The van der Waals surface area contributed by atoms with Gasteiger partial charge >= 0.3 is 0 Å². The number of nitrogens with one attached hydrogen (secondary N) is 2. The number of benzene rings is 1. The number of carbonyl (C=O) groups excluding carboxylic acids is 1. The smallest absolute Gasteiger partial charge is 0.269 e. The minimum Gasteiger partial charge on any atom is -0.350 e. The van der Waals surface area contributed by atoms with Gasteiger partial charge in [0, 0.05) is 12.5 Å². The van der Waals surface area contributed by atoms with E-state index in [2.05, 4.69) is 27.9 Å². The quantitative estimate of drug-likeness (QED) is 0.579. The molecule has 5 nitrogen and oxygen atoms in total. The molecule has 1 aliphatic rings. The zero-order valence-electron chi connectivity index (χ0n) is 11.0. The van der Waals surface area contributed by atoms with Gasteiger partial charge in [0.2, 0.25) is 0 Å². The fraction of sp³-hybridized carbons (Fsp3) is 0.200. The molecule has 0 aliphatic heterocycles. The van der Waals surface area contributed by atoms with Gasteiger partial charge in [0.1, 0.15) is 5.69 Å². The van der Waals surface area contributed by atoms with Crippen LogP contribution in [0.15, 0.2) is 42.6 Å². The van der Waals surface area contributed by atoms with Crippen molar-refractivity contribution in [1.29, 1.82) is 0 Å². The summed E-state index contributed by atoms with van der Waals surface area (Å²) in [6.07, 6.45) is 2.56. The first-order valence-corrected chi connectivity index (χ1v) is 6.56. The number of rotatable bonds is 4. The largest absolute Gasteiger partial charge is 0.350 e. The van der Waals surface area contributed by atoms with Gasteiger partial charge in [0.25, 0.3) is 5.91 Å². The molecular weight excluding hydrogens is 252 g/mol. The van der Waals surface area contributed by atoms with Crippen molar-refractivity contribution >= 4 is 11.6 Å². The summed E-state index contributed by atoms with van der Waals surface area (Å²) in [4.78, 5) is 16.0. The van der Waals surface area contributed by atoms with Crippen molar-refractivity contribution in [2.24, 2.45) is 5.84 Å². The van der Waals surface area contributed by atoms with Gasteiger partial charge in [-0.2, -0.15) is 0 Å². The van der Waals surface area contributed by atoms with Gasteiger partial charge < -0.3 is 10.7 Å². The summed E-state index contributed by atoms with van der Waals surface area (Å²) in [5.41, 5.74) is 6.27. The Morgan fingerprint density at radius 2 is 2.15 bits per heavy atom. The number of nitrogen functional groups attached to an aromatic ring is 1. The van der Waals surface area contributed by atoms with Crippen LogP contribution in [0.1, 0.15) is 27.5 Å². The number of amides is 1. The first kappa shape index (κ1) is 12.6. The number of nitrogens with two attached hydrogens (primary N) is 1. The van der Waals surface area contributed by atoms with Crippen LogP contribution in [0.3, 0.4) is 0 Å². The molecule has 2 aromatic rings. The lowest BCUT2D eigenvalue weighted by Gasteiger charge is -2.30. The van der Waals surface area contributed by atoms with Crippen molar-refractivity contribution in [3.05, 3.63) is 59.4 Å². The van der Waals surface area contributed by atoms with Gasteiger partial charge in [-0.1, -0.05) is 24.3 Å². The predicted octanol–water partition coefficient (Wildman–Crippen LogP) is 1.44. The van der Waals surface area contributed by atoms with E-state index in [0.717, 1.165) is 6.42 Å². The average molecular weight is 268 g/mol. The Morgan fingerprint density at radius 1 is 1.30 bits per heavy atom. The van der Waals surface area contributed by atoms with Crippen LogP contribution < -0.4 is 16.6 Å². The second-order valence-corrected chi connectivity index (χ2v) is 4.89. The molecule has 20 heavy (non-hydrogen) atoms. The van der Waals surface area contributed by atoms with Gasteiger partial charge in [-0.05, 0) is 29.7 Å². The molecule has 1 aromatic carbocycles. The van der Waals surface area contributed by atoms with Crippen molar-refractivity contribution in [3.8, 4) is 0 Å². The molecule has 1 atom stereocenters. The highest BCUT2D eigenvalue weighted by atomic mass is 16.1. The average Bonchev–Trinajstić information content (AvgIpc) is 2.48. The van der Waals surface area contributed by atoms with E-state index in [0.29, 0.717) is 23.8 Å². The van der Waals surface area contributed by atoms with E-state index in [4.69, 9.17) is 5.84 Å². The Labute approximate surface area is 117 Å². The van der Waals surface area contributed by atoms with Gasteiger partial charge in [0.15, 0.2) is 0 Å². The van der Waals surface area contributed by atoms with Crippen LogP contribution in [0.2, 0.25) is 0 Å². The van der Waals surface area contributed by atoms with E-state index in [-0.39, 0.29) is 5.91 Å². The summed E-state index contributed by atoms with van der Waals surface area (Å²) < 4.78 is 0. The Morgan fingerprint density at radius 3 is 2.85 bits per heavy atom. The zero-order valence-corrected chi connectivity index (χ0v) is 11.0. The number of hydrogen-bond donors (Lipinski definition) is 3. The Bertz CT molecular complexity index is 624. The topological polar surface area (TPSA) is 80.0 Å². The molecule has 0 spiro atoms. The van der Waals surface area contributed by atoms with Crippen LogP contribution in [0.5, 0.6) is 0 Å². The molecule has 0 saturated heterocycles. The third-order valence-corrected chi connectivity index (χ3v) is 3.63.